The Bertz CT molecular complexity index is 480. The van der Waals surface area contributed by atoms with Crippen molar-refractivity contribution in [3.05, 3.63) is 22.4 Å². The first-order chi connectivity index (χ1) is 8.72. The summed E-state index contributed by atoms with van der Waals surface area (Å²) in [5, 5.41) is 10.2. The highest BCUT2D eigenvalue weighted by molar-refractivity contribution is 7.07. The Labute approximate surface area is 109 Å². The smallest absolute Gasteiger partial charge is 0.322 e. The van der Waals surface area contributed by atoms with Crippen molar-refractivity contribution in [2.24, 2.45) is 0 Å². The number of aromatic nitrogens is 3. The van der Waals surface area contributed by atoms with Crippen LogP contribution in [0.5, 0.6) is 6.01 Å². The van der Waals surface area contributed by atoms with E-state index in [1.54, 1.807) is 18.4 Å². The third-order valence-corrected chi connectivity index (χ3v) is 3.11. The van der Waals surface area contributed by atoms with Gasteiger partial charge in [0.25, 0.3) is 0 Å². The highest BCUT2D eigenvalue weighted by atomic mass is 32.1. The fourth-order valence-electron chi connectivity index (χ4n) is 1.42. The van der Waals surface area contributed by atoms with Gasteiger partial charge in [-0.25, -0.2) is 0 Å². The topological polar surface area (TPSA) is 72.0 Å². The summed E-state index contributed by atoms with van der Waals surface area (Å²) in [4.78, 5) is 12.4. The summed E-state index contributed by atoms with van der Waals surface area (Å²) in [5.41, 5.74) is 1.20. The monoisotopic (exact) mass is 265 g/mol. The summed E-state index contributed by atoms with van der Waals surface area (Å²) in [7, 11) is 3.28. The minimum absolute atomic E-state index is 0.132. The lowest BCUT2D eigenvalue weighted by atomic mass is 10.2. The number of nitrogens with one attached hydrogen (secondary N) is 2. The van der Waals surface area contributed by atoms with Crippen LogP contribution in [0.15, 0.2) is 16.8 Å². The summed E-state index contributed by atoms with van der Waals surface area (Å²) in [6.45, 7) is 2.05. The summed E-state index contributed by atoms with van der Waals surface area (Å²) < 4.78 is 5.03. The van der Waals surface area contributed by atoms with Crippen molar-refractivity contribution in [2.45, 2.75) is 13.0 Å². The van der Waals surface area contributed by atoms with E-state index in [0.29, 0.717) is 11.9 Å². The summed E-state index contributed by atoms with van der Waals surface area (Å²) in [5.74, 6) is 0.965. The molecule has 0 radical (unpaired) electrons. The van der Waals surface area contributed by atoms with Gasteiger partial charge in [0.2, 0.25) is 11.9 Å². The lowest BCUT2D eigenvalue weighted by Crippen LogP contribution is -2.11. The van der Waals surface area contributed by atoms with Gasteiger partial charge >= 0.3 is 6.01 Å². The number of nitrogens with zero attached hydrogens (tertiary/aromatic N) is 3. The lowest BCUT2D eigenvalue weighted by molar-refractivity contribution is 0.379. The maximum Gasteiger partial charge on any atom is 0.322 e. The molecule has 0 aliphatic heterocycles. The van der Waals surface area contributed by atoms with Crippen LogP contribution in [0.25, 0.3) is 0 Å². The Morgan fingerprint density at radius 3 is 2.67 bits per heavy atom. The number of ether oxygens (including phenoxy) is 1. The predicted octanol–water partition coefficient (Wildman–Crippen LogP) is 2.16. The Morgan fingerprint density at radius 2 is 2.06 bits per heavy atom. The van der Waals surface area contributed by atoms with E-state index in [2.05, 4.69) is 44.0 Å². The van der Waals surface area contributed by atoms with Crippen LogP contribution in [-0.2, 0) is 0 Å². The predicted molar refractivity (Wildman–Crippen MR) is 72.3 cm³/mol. The fraction of sp³-hybridized carbons (Fsp3) is 0.364. The van der Waals surface area contributed by atoms with Gasteiger partial charge in [0.1, 0.15) is 0 Å². The molecule has 0 aliphatic carbocycles. The van der Waals surface area contributed by atoms with Crippen molar-refractivity contribution in [1.29, 1.82) is 0 Å². The summed E-state index contributed by atoms with van der Waals surface area (Å²) in [6, 6.07) is 2.49. The van der Waals surface area contributed by atoms with Crippen molar-refractivity contribution < 1.29 is 4.74 Å². The van der Waals surface area contributed by atoms with E-state index in [1.807, 2.05) is 5.38 Å². The number of thiophene rings is 1. The van der Waals surface area contributed by atoms with Gasteiger partial charge in [-0.15, -0.1) is 0 Å². The minimum atomic E-state index is 0.132. The molecule has 6 nitrogen and oxygen atoms in total. The van der Waals surface area contributed by atoms with Crippen LogP contribution in [0.2, 0.25) is 0 Å². The molecular weight excluding hydrogens is 250 g/mol. The molecule has 0 amide bonds. The van der Waals surface area contributed by atoms with Gasteiger partial charge < -0.3 is 15.4 Å². The SMILES string of the molecule is CNc1nc(NC(C)c2ccsc2)nc(OC)n1. The molecule has 2 N–H and O–H groups in total. The molecule has 2 rings (SSSR count). The van der Waals surface area contributed by atoms with Crippen LogP contribution in [0, 0.1) is 0 Å². The zero-order valence-corrected chi connectivity index (χ0v) is 11.3. The third kappa shape index (κ3) is 2.86. The number of anilines is 2. The van der Waals surface area contributed by atoms with Crippen molar-refractivity contribution in [2.75, 3.05) is 24.8 Å². The Balaban J connectivity index is 2.17. The average molecular weight is 265 g/mol. The van der Waals surface area contributed by atoms with Crippen molar-refractivity contribution >= 4 is 23.2 Å². The molecule has 0 fully saturated rings. The second-order valence-corrected chi connectivity index (χ2v) is 4.42. The number of hydrogen-bond donors (Lipinski definition) is 2. The molecular formula is C11H15N5OS. The highest BCUT2D eigenvalue weighted by Crippen LogP contribution is 2.20. The van der Waals surface area contributed by atoms with E-state index < -0.39 is 0 Å². The second-order valence-electron chi connectivity index (χ2n) is 3.64. The van der Waals surface area contributed by atoms with Gasteiger partial charge in [0, 0.05) is 7.05 Å². The molecule has 18 heavy (non-hydrogen) atoms. The summed E-state index contributed by atoms with van der Waals surface area (Å²) >= 11 is 1.66. The quantitative estimate of drug-likeness (QED) is 0.863. The largest absolute Gasteiger partial charge is 0.467 e. The molecule has 0 spiro atoms. The van der Waals surface area contributed by atoms with Crippen LogP contribution in [0.1, 0.15) is 18.5 Å². The number of hydrogen-bond acceptors (Lipinski definition) is 7. The normalized spacial score (nSPS) is 11.9. The van der Waals surface area contributed by atoms with E-state index in [4.69, 9.17) is 4.74 Å². The van der Waals surface area contributed by atoms with Gasteiger partial charge in [-0.1, -0.05) is 0 Å². The Kier molecular flexibility index (Phi) is 3.93. The molecule has 0 saturated heterocycles. The van der Waals surface area contributed by atoms with Crippen molar-refractivity contribution in [1.82, 2.24) is 15.0 Å². The molecule has 96 valence electrons. The maximum absolute atomic E-state index is 5.03. The van der Waals surface area contributed by atoms with Crippen molar-refractivity contribution in [3.63, 3.8) is 0 Å². The third-order valence-electron chi connectivity index (χ3n) is 2.41. The van der Waals surface area contributed by atoms with Crippen LogP contribution in [0.4, 0.5) is 11.9 Å². The van der Waals surface area contributed by atoms with Crippen LogP contribution < -0.4 is 15.4 Å². The van der Waals surface area contributed by atoms with Crippen LogP contribution in [0.3, 0.4) is 0 Å². The average Bonchev–Trinajstić information content (AvgIpc) is 2.92. The first kappa shape index (κ1) is 12.6. The zero-order chi connectivity index (χ0) is 13.0. The van der Waals surface area contributed by atoms with E-state index in [9.17, 15) is 0 Å². The van der Waals surface area contributed by atoms with E-state index >= 15 is 0 Å². The van der Waals surface area contributed by atoms with Crippen molar-refractivity contribution in [3.8, 4) is 6.01 Å². The Morgan fingerprint density at radius 1 is 1.28 bits per heavy atom. The molecule has 1 atom stereocenters. The van der Waals surface area contributed by atoms with Gasteiger partial charge in [-0.2, -0.15) is 26.3 Å². The van der Waals surface area contributed by atoms with Gasteiger partial charge in [-0.05, 0) is 29.3 Å². The molecule has 0 saturated carbocycles. The highest BCUT2D eigenvalue weighted by Gasteiger charge is 2.10. The molecule has 0 aromatic carbocycles. The Hall–Kier alpha value is -1.89. The zero-order valence-electron chi connectivity index (χ0n) is 10.5. The minimum Gasteiger partial charge on any atom is -0.467 e. The lowest BCUT2D eigenvalue weighted by Gasteiger charge is -2.13. The number of methoxy groups -OCH3 is 1. The van der Waals surface area contributed by atoms with Gasteiger partial charge in [0.15, 0.2) is 0 Å². The molecule has 2 aromatic rings. The summed E-state index contributed by atoms with van der Waals surface area (Å²) in [6.07, 6.45) is 0. The molecule has 1 unspecified atom stereocenters. The molecule has 2 heterocycles. The standard InChI is InChI=1S/C11H15N5OS/c1-7(8-4-5-18-6-8)13-10-14-9(12-2)15-11(16-10)17-3/h4-7H,1-3H3,(H2,12,13,14,15,16). The van der Waals surface area contributed by atoms with Gasteiger partial charge in [-0.3, -0.25) is 0 Å². The molecule has 7 heteroatoms. The first-order valence-electron chi connectivity index (χ1n) is 5.49. The van der Waals surface area contributed by atoms with Gasteiger partial charge in [0.05, 0.1) is 13.2 Å². The molecule has 2 aromatic heterocycles. The molecule has 0 aliphatic rings. The van der Waals surface area contributed by atoms with Crippen LogP contribution >= 0.6 is 11.3 Å². The van der Waals surface area contributed by atoms with E-state index in [1.165, 1.54) is 12.7 Å². The second kappa shape index (κ2) is 5.63. The van der Waals surface area contributed by atoms with Crippen LogP contribution in [-0.4, -0.2) is 29.1 Å². The fourth-order valence-corrected chi connectivity index (χ4v) is 2.18. The maximum atomic E-state index is 5.03. The van der Waals surface area contributed by atoms with E-state index in [0.717, 1.165) is 0 Å². The molecule has 0 bridgehead atoms. The first-order valence-corrected chi connectivity index (χ1v) is 6.43. The van der Waals surface area contributed by atoms with E-state index in [-0.39, 0.29) is 12.1 Å². The number of rotatable bonds is 5.